The zero-order valence-electron chi connectivity index (χ0n) is 15.9. The Morgan fingerprint density at radius 2 is 1.90 bits per heavy atom. The standard InChI is InChI=1S/C22H22F4N2O/c23-19-10-14(6-7-18(19)22(24,25)26)17-13-27-12-16-5-4-15(21(16)17)11-20(29)28-8-2-1-3-9-28/h6-7,10,12-13,15H,1-5,8-9,11H2. The molecule has 2 aliphatic rings. The summed E-state index contributed by atoms with van der Waals surface area (Å²) < 4.78 is 52.8. The Labute approximate surface area is 166 Å². The Balaban J connectivity index is 1.64. The zero-order valence-corrected chi connectivity index (χ0v) is 15.9. The van der Waals surface area contributed by atoms with Crippen molar-refractivity contribution in [3.05, 3.63) is 53.1 Å². The highest BCUT2D eigenvalue weighted by Gasteiger charge is 2.35. The third-order valence-electron chi connectivity index (χ3n) is 5.96. The molecule has 3 nitrogen and oxygen atoms in total. The molecule has 29 heavy (non-hydrogen) atoms. The number of alkyl halides is 3. The molecule has 0 radical (unpaired) electrons. The van der Waals surface area contributed by atoms with Crippen LogP contribution in [0.5, 0.6) is 0 Å². The number of aromatic nitrogens is 1. The maximum absolute atomic E-state index is 14.1. The quantitative estimate of drug-likeness (QED) is 0.645. The summed E-state index contributed by atoms with van der Waals surface area (Å²) >= 11 is 0. The molecule has 2 aromatic rings. The smallest absolute Gasteiger partial charge is 0.343 e. The van der Waals surface area contributed by atoms with Gasteiger partial charge in [0, 0.05) is 37.5 Å². The molecule has 1 aliphatic carbocycles. The Morgan fingerprint density at radius 1 is 1.14 bits per heavy atom. The Hall–Kier alpha value is -2.44. The fraction of sp³-hybridized carbons (Fsp3) is 0.455. The number of rotatable bonds is 3. The molecule has 2 heterocycles. The highest BCUT2D eigenvalue weighted by molar-refractivity contribution is 5.79. The van der Waals surface area contributed by atoms with Crippen molar-refractivity contribution in [2.45, 2.75) is 50.6 Å². The summed E-state index contributed by atoms with van der Waals surface area (Å²) in [7, 11) is 0. The normalized spacial score (nSPS) is 19.3. The molecule has 0 N–H and O–H groups in total. The van der Waals surface area contributed by atoms with Crippen molar-refractivity contribution in [3.8, 4) is 11.1 Å². The molecule has 7 heteroatoms. The van der Waals surface area contributed by atoms with Crippen LogP contribution in [0.15, 0.2) is 30.6 Å². The van der Waals surface area contributed by atoms with Crippen molar-refractivity contribution in [2.24, 2.45) is 0 Å². The lowest BCUT2D eigenvalue weighted by molar-refractivity contribution is -0.140. The molecule has 1 aromatic heterocycles. The Kier molecular flexibility index (Phi) is 5.32. The van der Waals surface area contributed by atoms with Gasteiger partial charge in [-0.05, 0) is 66.8 Å². The van der Waals surface area contributed by atoms with E-state index in [0.717, 1.165) is 68.5 Å². The molecule has 1 aliphatic heterocycles. The fourth-order valence-electron chi connectivity index (χ4n) is 4.50. The predicted octanol–water partition coefficient (Wildman–Crippen LogP) is 5.34. The molecule has 1 amide bonds. The van der Waals surface area contributed by atoms with Gasteiger partial charge in [0.1, 0.15) is 5.82 Å². The van der Waals surface area contributed by atoms with E-state index in [2.05, 4.69) is 4.98 Å². The summed E-state index contributed by atoms with van der Waals surface area (Å²) in [5, 5.41) is 0. The first-order chi connectivity index (χ1) is 13.8. The lowest BCUT2D eigenvalue weighted by atomic mass is 9.90. The lowest BCUT2D eigenvalue weighted by Crippen LogP contribution is -2.36. The monoisotopic (exact) mass is 406 g/mol. The molecule has 0 spiro atoms. The van der Waals surface area contributed by atoms with Gasteiger partial charge in [0.25, 0.3) is 0 Å². The van der Waals surface area contributed by atoms with Crippen molar-refractivity contribution >= 4 is 5.91 Å². The third kappa shape index (κ3) is 4.00. The van der Waals surface area contributed by atoms with Gasteiger partial charge in [-0.25, -0.2) is 4.39 Å². The molecule has 0 bridgehead atoms. The summed E-state index contributed by atoms with van der Waals surface area (Å²) in [4.78, 5) is 18.8. The van der Waals surface area contributed by atoms with E-state index in [1.165, 1.54) is 6.07 Å². The first-order valence-corrected chi connectivity index (χ1v) is 9.96. The van der Waals surface area contributed by atoms with Gasteiger partial charge in [-0.2, -0.15) is 13.2 Å². The number of likely N-dealkylation sites (tertiary alicyclic amines) is 1. The zero-order chi connectivity index (χ0) is 20.6. The van der Waals surface area contributed by atoms with Gasteiger partial charge >= 0.3 is 6.18 Å². The number of amides is 1. The Bertz CT molecular complexity index is 920. The number of aryl methyl sites for hydroxylation is 1. The van der Waals surface area contributed by atoms with Crippen LogP contribution in [0.2, 0.25) is 0 Å². The second-order valence-electron chi connectivity index (χ2n) is 7.83. The van der Waals surface area contributed by atoms with E-state index in [1.54, 1.807) is 12.4 Å². The number of piperidine rings is 1. The second-order valence-corrected chi connectivity index (χ2v) is 7.83. The van der Waals surface area contributed by atoms with E-state index in [1.807, 2.05) is 4.90 Å². The second kappa shape index (κ2) is 7.76. The number of fused-ring (bicyclic) bond motifs is 1. The molecule has 1 saturated heterocycles. The van der Waals surface area contributed by atoms with Crippen LogP contribution in [-0.4, -0.2) is 28.9 Å². The molecule has 1 fully saturated rings. The molecular formula is C22H22F4N2O. The number of pyridine rings is 1. The minimum absolute atomic E-state index is 0.0252. The maximum atomic E-state index is 14.1. The molecular weight excluding hydrogens is 384 g/mol. The van der Waals surface area contributed by atoms with Gasteiger partial charge in [-0.1, -0.05) is 6.07 Å². The summed E-state index contributed by atoms with van der Waals surface area (Å²) in [6, 6.07) is 2.97. The van der Waals surface area contributed by atoms with E-state index in [-0.39, 0.29) is 11.8 Å². The minimum atomic E-state index is -4.73. The molecule has 154 valence electrons. The van der Waals surface area contributed by atoms with Crippen molar-refractivity contribution in [3.63, 3.8) is 0 Å². The number of hydrogen-bond donors (Lipinski definition) is 0. The van der Waals surface area contributed by atoms with Crippen molar-refractivity contribution in [1.82, 2.24) is 9.88 Å². The van der Waals surface area contributed by atoms with Gasteiger partial charge in [0.05, 0.1) is 5.56 Å². The molecule has 4 rings (SSSR count). The molecule has 0 saturated carbocycles. The third-order valence-corrected chi connectivity index (χ3v) is 5.96. The summed E-state index contributed by atoms with van der Waals surface area (Å²) in [6.07, 6.45) is 3.67. The van der Waals surface area contributed by atoms with Crippen molar-refractivity contribution < 1.29 is 22.4 Å². The first kappa shape index (κ1) is 19.9. The highest BCUT2D eigenvalue weighted by atomic mass is 19.4. The average molecular weight is 406 g/mol. The number of benzene rings is 1. The van der Waals surface area contributed by atoms with Gasteiger partial charge in [-0.3, -0.25) is 9.78 Å². The average Bonchev–Trinajstić information content (AvgIpc) is 3.10. The van der Waals surface area contributed by atoms with Crippen LogP contribution in [-0.2, 0) is 17.4 Å². The summed E-state index contributed by atoms with van der Waals surface area (Å²) in [5.41, 5.74) is 1.60. The van der Waals surface area contributed by atoms with Gasteiger partial charge in [-0.15, -0.1) is 0 Å². The van der Waals surface area contributed by atoms with E-state index in [9.17, 15) is 22.4 Å². The molecule has 1 unspecified atom stereocenters. The number of hydrogen-bond acceptors (Lipinski definition) is 2. The minimum Gasteiger partial charge on any atom is -0.343 e. The van der Waals surface area contributed by atoms with E-state index in [0.29, 0.717) is 17.5 Å². The lowest BCUT2D eigenvalue weighted by Gasteiger charge is -2.28. The Morgan fingerprint density at radius 3 is 2.59 bits per heavy atom. The number of carbonyl (C=O) groups excluding carboxylic acids is 1. The molecule has 1 atom stereocenters. The SMILES string of the molecule is O=C(CC1CCc2cncc(-c3ccc(C(F)(F)F)c(F)c3)c21)N1CCCCC1. The number of carbonyl (C=O) groups is 1. The van der Waals surface area contributed by atoms with Crippen molar-refractivity contribution in [1.29, 1.82) is 0 Å². The van der Waals surface area contributed by atoms with Crippen LogP contribution in [0.25, 0.3) is 11.1 Å². The van der Waals surface area contributed by atoms with Crippen LogP contribution >= 0.6 is 0 Å². The van der Waals surface area contributed by atoms with Crippen LogP contribution in [0.4, 0.5) is 17.6 Å². The van der Waals surface area contributed by atoms with Gasteiger partial charge in [0.2, 0.25) is 5.91 Å². The van der Waals surface area contributed by atoms with Crippen LogP contribution in [0.3, 0.4) is 0 Å². The first-order valence-electron chi connectivity index (χ1n) is 9.96. The van der Waals surface area contributed by atoms with E-state index in [4.69, 9.17) is 0 Å². The number of halogens is 4. The van der Waals surface area contributed by atoms with Crippen LogP contribution < -0.4 is 0 Å². The van der Waals surface area contributed by atoms with E-state index >= 15 is 0 Å². The highest BCUT2D eigenvalue weighted by Crippen LogP contribution is 2.42. The number of nitrogens with zero attached hydrogens (tertiary/aromatic N) is 2. The summed E-state index contributed by atoms with van der Waals surface area (Å²) in [6.45, 7) is 1.57. The largest absolute Gasteiger partial charge is 0.419 e. The fourth-order valence-corrected chi connectivity index (χ4v) is 4.50. The van der Waals surface area contributed by atoms with Crippen LogP contribution in [0, 0.1) is 5.82 Å². The van der Waals surface area contributed by atoms with Gasteiger partial charge < -0.3 is 4.90 Å². The van der Waals surface area contributed by atoms with Gasteiger partial charge in [0.15, 0.2) is 0 Å². The van der Waals surface area contributed by atoms with Crippen LogP contribution in [0.1, 0.15) is 54.7 Å². The predicted molar refractivity (Wildman–Crippen MR) is 101 cm³/mol. The van der Waals surface area contributed by atoms with Crippen molar-refractivity contribution in [2.75, 3.05) is 13.1 Å². The van der Waals surface area contributed by atoms with E-state index < -0.39 is 17.6 Å². The summed E-state index contributed by atoms with van der Waals surface area (Å²) in [5.74, 6) is -1.21. The topological polar surface area (TPSA) is 33.2 Å². The maximum Gasteiger partial charge on any atom is 0.419 e. The molecule has 1 aromatic carbocycles.